The summed E-state index contributed by atoms with van der Waals surface area (Å²) in [7, 11) is 0. The number of para-hydroxylation sites is 1. The summed E-state index contributed by atoms with van der Waals surface area (Å²) in [6.07, 6.45) is 3.00. The van der Waals surface area contributed by atoms with Crippen LogP contribution in [0, 0.1) is 5.92 Å². The average molecular weight is 288 g/mol. The van der Waals surface area contributed by atoms with Crippen molar-refractivity contribution in [3.63, 3.8) is 0 Å². The maximum Gasteiger partial charge on any atom is 0.230 e. The number of nitrogens with zero attached hydrogens (tertiary/aromatic N) is 1. The zero-order valence-electron chi connectivity index (χ0n) is 12.6. The maximum absolute atomic E-state index is 13.0. The van der Waals surface area contributed by atoms with E-state index in [0.717, 1.165) is 37.1 Å². The molecule has 0 aliphatic carbocycles. The summed E-state index contributed by atoms with van der Waals surface area (Å²) in [5.74, 6) is 1.50. The lowest BCUT2D eigenvalue weighted by atomic mass is 9.86. The van der Waals surface area contributed by atoms with Crippen LogP contribution in [0.2, 0.25) is 0 Å². The molecule has 2 aliphatic rings. The molecular weight excluding hydrogens is 264 g/mol. The van der Waals surface area contributed by atoms with E-state index in [-0.39, 0.29) is 17.9 Å². The highest BCUT2D eigenvalue weighted by Gasteiger charge is 2.36. The van der Waals surface area contributed by atoms with Crippen molar-refractivity contribution in [3.05, 3.63) is 29.8 Å². The fraction of sp³-hybridized carbons (Fsp3) is 0.588. The minimum Gasteiger partial charge on any atom is -0.493 e. The predicted molar refractivity (Wildman–Crippen MR) is 82.2 cm³/mol. The molecule has 2 heterocycles. The Labute approximate surface area is 126 Å². The van der Waals surface area contributed by atoms with Gasteiger partial charge in [-0.25, -0.2) is 0 Å². The van der Waals surface area contributed by atoms with Crippen molar-refractivity contribution < 1.29 is 9.53 Å². The first-order valence-corrected chi connectivity index (χ1v) is 7.94. The molecule has 1 saturated heterocycles. The van der Waals surface area contributed by atoms with E-state index in [0.29, 0.717) is 19.1 Å². The molecule has 0 radical (unpaired) electrons. The molecule has 4 nitrogen and oxygen atoms in total. The van der Waals surface area contributed by atoms with Gasteiger partial charge in [-0.15, -0.1) is 0 Å². The van der Waals surface area contributed by atoms with Gasteiger partial charge in [0.15, 0.2) is 0 Å². The lowest BCUT2D eigenvalue weighted by Gasteiger charge is -2.41. The van der Waals surface area contributed by atoms with E-state index >= 15 is 0 Å². The smallest absolute Gasteiger partial charge is 0.230 e. The lowest BCUT2D eigenvalue weighted by molar-refractivity contribution is -0.138. The van der Waals surface area contributed by atoms with Crippen molar-refractivity contribution >= 4 is 5.91 Å². The van der Waals surface area contributed by atoms with Gasteiger partial charge in [0.1, 0.15) is 5.75 Å². The van der Waals surface area contributed by atoms with E-state index in [9.17, 15) is 4.79 Å². The molecule has 0 saturated carbocycles. The molecule has 2 aliphatic heterocycles. The second-order valence-corrected chi connectivity index (χ2v) is 6.18. The van der Waals surface area contributed by atoms with Gasteiger partial charge in [-0.05, 0) is 31.2 Å². The largest absolute Gasteiger partial charge is 0.493 e. The number of carbonyl (C=O) groups excluding carboxylic acids is 1. The Morgan fingerprint density at radius 1 is 1.38 bits per heavy atom. The number of piperidine rings is 1. The molecule has 0 spiro atoms. The second kappa shape index (κ2) is 6.06. The standard InChI is InChI=1S/C17H24N2O2/c1-12-5-4-9-19(15(12)11-18)17(20)14-8-10-21-16-7-3-2-6-13(14)16/h2-3,6-7,12,14-15H,4-5,8-11,18H2,1H3. The topological polar surface area (TPSA) is 55.6 Å². The van der Waals surface area contributed by atoms with Crippen LogP contribution in [-0.2, 0) is 4.79 Å². The first-order chi connectivity index (χ1) is 10.2. The molecule has 3 rings (SSSR count). The zero-order valence-corrected chi connectivity index (χ0v) is 12.6. The normalized spacial score (nSPS) is 28.7. The van der Waals surface area contributed by atoms with Crippen LogP contribution >= 0.6 is 0 Å². The van der Waals surface area contributed by atoms with Crippen molar-refractivity contribution in [2.75, 3.05) is 19.7 Å². The fourth-order valence-corrected chi connectivity index (χ4v) is 3.68. The molecule has 4 heteroatoms. The minimum absolute atomic E-state index is 0.0747. The van der Waals surface area contributed by atoms with Gasteiger partial charge in [0.25, 0.3) is 0 Å². The first-order valence-electron chi connectivity index (χ1n) is 7.94. The molecule has 0 aromatic heterocycles. The highest BCUT2D eigenvalue weighted by Crippen LogP contribution is 2.36. The van der Waals surface area contributed by atoms with Crippen LogP contribution in [0.3, 0.4) is 0 Å². The summed E-state index contributed by atoms with van der Waals surface area (Å²) in [5.41, 5.74) is 6.96. The Balaban J connectivity index is 1.85. The number of hydrogen-bond acceptors (Lipinski definition) is 3. The quantitative estimate of drug-likeness (QED) is 0.907. The highest BCUT2D eigenvalue weighted by atomic mass is 16.5. The Morgan fingerprint density at radius 2 is 2.19 bits per heavy atom. The molecule has 1 aromatic rings. The van der Waals surface area contributed by atoms with Crippen molar-refractivity contribution in [3.8, 4) is 5.75 Å². The third kappa shape index (κ3) is 2.64. The molecule has 2 N–H and O–H groups in total. The van der Waals surface area contributed by atoms with Crippen molar-refractivity contribution in [2.45, 2.75) is 38.1 Å². The van der Waals surface area contributed by atoms with E-state index in [2.05, 4.69) is 6.92 Å². The lowest BCUT2D eigenvalue weighted by Crippen LogP contribution is -2.53. The minimum atomic E-state index is -0.0747. The summed E-state index contributed by atoms with van der Waals surface area (Å²) >= 11 is 0. The van der Waals surface area contributed by atoms with Gasteiger partial charge in [-0.1, -0.05) is 25.1 Å². The number of carbonyl (C=O) groups is 1. The number of amides is 1. The van der Waals surface area contributed by atoms with Crippen LogP contribution < -0.4 is 10.5 Å². The Hall–Kier alpha value is -1.55. The van der Waals surface area contributed by atoms with E-state index in [1.807, 2.05) is 29.2 Å². The number of nitrogens with two attached hydrogens (primary N) is 1. The number of ether oxygens (including phenoxy) is 1. The van der Waals surface area contributed by atoms with Crippen LogP contribution in [-0.4, -0.2) is 36.5 Å². The highest BCUT2D eigenvalue weighted by molar-refractivity contribution is 5.85. The summed E-state index contributed by atoms with van der Waals surface area (Å²) in [5, 5.41) is 0. The van der Waals surface area contributed by atoms with Crippen LogP contribution in [0.4, 0.5) is 0 Å². The summed E-state index contributed by atoms with van der Waals surface area (Å²) < 4.78 is 5.67. The van der Waals surface area contributed by atoms with Crippen molar-refractivity contribution in [1.29, 1.82) is 0 Å². The third-order valence-electron chi connectivity index (χ3n) is 4.90. The molecule has 1 amide bonds. The van der Waals surface area contributed by atoms with E-state index < -0.39 is 0 Å². The molecule has 114 valence electrons. The number of benzene rings is 1. The summed E-state index contributed by atoms with van der Waals surface area (Å²) in [6, 6.07) is 8.08. The molecule has 1 fully saturated rings. The molecule has 1 aromatic carbocycles. The molecule has 3 unspecified atom stereocenters. The van der Waals surface area contributed by atoms with Crippen molar-refractivity contribution in [1.82, 2.24) is 4.90 Å². The summed E-state index contributed by atoms with van der Waals surface area (Å²) in [6.45, 7) is 4.21. The fourth-order valence-electron chi connectivity index (χ4n) is 3.68. The molecule has 0 bridgehead atoms. The van der Waals surface area contributed by atoms with Gasteiger partial charge in [0.2, 0.25) is 5.91 Å². The molecular formula is C17H24N2O2. The average Bonchev–Trinajstić information content (AvgIpc) is 2.53. The Morgan fingerprint density at radius 3 is 3.00 bits per heavy atom. The first kappa shape index (κ1) is 14.4. The number of fused-ring (bicyclic) bond motifs is 1. The van der Waals surface area contributed by atoms with Crippen LogP contribution in [0.25, 0.3) is 0 Å². The van der Waals surface area contributed by atoms with Crippen molar-refractivity contribution in [2.24, 2.45) is 11.7 Å². The molecule has 21 heavy (non-hydrogen) atoms. The number of hydrogen-bond donors (Lipinski definition) is 1. The second-order valence-electron chi connectivity index (χ2n) is 6.18. The predicted octanol–water partition coefficient (Wildman–Crippen LogP) is 2.14. The van der Waals surface area contributed by atoms with Gasteiger partial charge in [-0.2, -0.15) is 0 Å². The van der Waals surface area contributed by atoms with Crippen LogP contribution in [0.1, 0.15) is 37.7 Å². The number of rotatable bonds is 2. The maximum atomic E-state index is 13.0. The zero-order chi connectivity index (χ0) is 14.8. The van der Waals surface area contributed by atoms with Gasteiger partial charge < -0.3 is 15.4 Å². The third-order valence-corrected chi connectivity index (χ3v) is 4.90. The SMILES string of the molecule is CC1CCCN(C(=O)C2CCOc3ccccc32)C1CN. The van der Waals surface area contributed by atoms with Gasteiger partial charge >= 0.3 is 0 Å². The monoisotopic (exact) mass is 288 g/mol. The van der Waals surface area contributed by atoms with E-state index in [1.54, 1.807) is 0 Å². The van der Waals surface area contributed by atoms with Crippen LogP contribution in [0.15, 0.2) is 24.3 Å². The van der Waals surface area contributed by atoms with E-state index in [1.165, 1.54) is 0 Å². The number of likely N-dealkylation sites (tertiary alicyclic amines) is 1. The van der Waals surface area contributed by atoms with E-state index in [4.69, 9.17) is 10.5 Å². The Bertz CT molecular complexity index is 517. The van der Waals surface area contributed by atoms with Gasteiger partial charge in [-0.3, -0.25) is 4.79 Å². The van der Waals surface area contributed by atoms with Gasteiger partial charge in [0, 0.05) is 24.7 Å². The van der Waals surface area contributed by atoms with Gasteiger partial charge in [0.05, 0.1) is 12.5 Å². The molecule has 3 atom stereocenters. The Kier molecular flexibility index (Phi) is 4.15. The van der Waals surface area contributed by atoms with Crippen LogP contribution in [0.5, 0.6) is 5.75 Å². The summed E-state index contributed by atoms with van der Waals surface area (Å²) in [4.78, 5) is 15.1.